The molecule has 0 aliphatic heterocycles. The van der Waals surface area contributed by atoms with Gasteiger partial charge in [-0.15, -0.1) is 0 Å². The summed E-state index contributed by atoms with van der Waals surface area (Å²) in [6, 6.07) is 8.30. The number of carbonyl (C=O) groups excluding carboxylic acids is 1. The van der Waals surface area contributed by atoms with Crippen LogP contribution in [-0.4, -0.2) is 28.0 Å². The van der Waals surface area contributed by atoms with E-state index in [4.69, 9.17) is 5.73 Å². The lowest BCUT2D eigenvalue weighted by molar-refractivity contribution is -0.126. The first-order valence-corrected chi connectivity index (χ1v) is 8.17. The second kappa shape index (κ2) is 6.92. The Bertz CT molecular complexity index is 636. The van der Waals surface area contributed by atoms with Crippen LogP contribution in [0.15, 0.2) is 30.6 Å². The van der Waals surface area contributed by atoms with Gasteiger partial charge in [0.1, 0.15) is 0 Å². The average molecular weight is 300 g/mol. The zero-order valence-corrected chi connectivity index (χ0v) is 12.9. The van der Waals surface area contributed by atoms with Crippen LogP contribution in [0.4, 0.5) is 0 Å². The van der Waals surface area contributed by atoms with Crippen LogP contribution < -0.4 is 11.1 Å². The Hall–Kier alpha value is -1.88. The molecule has 22 heavy (non-hydrogen) atoms. The molecule has 1 amide bonds. The molecular weight excluding hydrogens is 276 g/mol. The molecular formula is C17H24N4O. The Labute approximate surface area is 130 Å². The fourth-order valence-electron chi connectivity index (χ4n) is 3.26. The number of aromatic nitrogens is 2. The first-order valence-electron chi connectivity index (χ1n) is 8.17. The first kappa shape index (κ1) is 15.0. The SMILES string of the molecule is NC1CCCC(C(=O)NCCCn2cnc3ccccc32)C1. The molecule has 0 bridgehead atoms. The van der Waals surface area contributed by atoms with Gasteiger partial charge in [-0.2, -0.15) is 0 Å². The number of imidazole rings is 1. The first-order chi connectivity index (χ1) is 10.7. The van der Waals surface area contributed by atoms with E-state index in [0.717, 1.165) is 49.7 Å². The molecule has 3 N–H and O–H groups in total. The number of carbonyl (C=O) groups is 1. The van der Waals surface area contributed by atoms with Gasteiger partial charge in [-0.1, -0.05) is 18.6 Å². The summed E-state index contributed by atoms with van der Waals surface area (Å²) in [6.07, 6.45) is 6.71. The lowest BCUT2D eigenvalue weighted by atomic mass is 9.85. The van der Waals surface area contributed by atoms with Crippen LogP contribution in [0.25, 0.3) is 11.0 Å². The maximum atomic E-state index is 12.1. The second-order valence-corrected chi connectivity index (χ2v) is 6.19. The number of amides is 1. The molecule has 0 radical (unpaired) electrons. The summed E-state index contributed by atoms with van der Waals surface area (Å²) in [4.78, 5) is 16.5. The molecule has 1 saturated carbocycles. The molecule has 2 unspecified atom stereocenters. The number of nitrogens with zero attached hydrogens (tertiary/aromatic N) is 2. The zero-order chi connectivity index (χ0) is 15.4. The highest BCUT2D eigenvalue weighted by molar-refractivity contribution is 5.78. The second-order valence-electron chi connectivity index (χ2n) is 6.19. The predicted octanol–water partition coefficient (Wildman–Crippen LogP) is 2.06. The summed E-state index contributed by atoms with van der Waals surface area (Å²) in [5.74, 6) is 0.281. The number of benzene rings is 1. The van der Waals surface area contributed by atoms with Crippen LogP contribution in [0.3, 0.4) is 0 Å². The Morgan fingerprint density at radius 2 is 2.23 bits per heavy atom. The minimum atomic E-state index is 0.109. The molecule has 0 spiro atoms. The Morgan fingerprint density at radius 3 is 3.09 bits per heavy atom. The third-order valence-corrected chi connectivity index (χ3v) is 4.49. The maximum absolute atomic E-state index is 12.1. The fraction of sp³-hybridized carbons (Fsp3) is 0.529. The molecule has 1 aromatic heterocycles. The highest BCUT2D eigenvalue weighted by Gasteiger charge is 2.24. The number of para-hydroxylation sites is 2. The van der Waals surface area contributed by atoms with Gasteiger partial charge in [0.15, 0.2) is 0 Å². The van der Waals surface area contributed by atoms with Crippen LogP contribution in [0.2, 0.25) is 0 Å². The van der Waals surface area contributed by atoms with Crippen LogP contribution in [0.1, 0.15) is 32.1 Å². The molecule has 1 aliphatic carbocycles. The quantitative estimate of drug-likeness (QED) is 0.830. The van der Waals surface area contributed by atoms with E-state index in [2.05, 4.69) is 20.9 Å². The largest absolute Gasteiger partial charge is 0.356 e. The van der Waals surface area contributed by atoms with Gasteiger partial charge in [0.05, 0.1) is 17.4 Å². The van der Waals surface area contributed by atoms with Gasteiger partial charge >= 0.3 is 0 Å². The maximum Gasteiger partial charge on any atom is 0.223 e. The van der Waals surface area contributed by atoms with Gasteiger partial charge in [0.2, 0.25) is 5.91 Å². The van der Waals surface area contributed by atoms with Crippen molar-refractivity contribution in [1.29, 1.82) is 0 Å². The van der Waals surface area contributed by atoms with Crippen LogP contribution in [0, 0.1) is 5.92 Å². The fourth-order valence-corrected chi connectivity index (χ4v) is 3.26. The van der Waals surface area contributed by atoms with Gasteiger partial charge in [-0.25, -0.2) is 4.98 Å². The number of nitrogens with one attached hydrogen (secondary N) is 1. The van der Waals surface area contributed by atoms with E-state index in [1.807, 2.05) is 24.5 Å². The van der Waals surface area contributed by atoms with E-state index in [9.17, 15) is 4.79 Å². The molecule has 2 atom stereocenters. The molecule has 5 nitrogen and oxygen atoms in total. The number of rotatable bonds is 5. The van der Waals surface area contributed by atoms with E-state index in [-0.39, 0.29) is 17.9 Å². The molecule has 3 rings (SSSR count). The normalized spacial score (nSPS) is 21.9. The topological polar surface area (TPSA) is 72.9 Å². The molecule has 118 valence electrons. The molecule has 0 saturated heterocycles. The number of aryl methyl sites for hydroxylation is 1. The minimum Gasteiger partial charge on any atom is -0.356 e. The number of fused-ring (bicyclic) bond motifs is 1. The molecule has 1 fully saturated rings. The monoisotopic (exact) mass is 300 g/mol. The highest BCUT2D eigenvalue weighted by Crippen LogP contribution is 2.23. The van der Waals surface area contributed by atoms with Crippen molar-refractivity contribution in [2.45, 2.75) is 44.7 Å². The van der Waals surface area contributed by atoms with Crippen molar-refractivity contribution in [3.05, 3.63) is 30.6 Å². The minimum absolute atomic E-state index is 0.109. The van der Waals surface area contributed by atoms with Crippen molar-refractivity contribution in [3.8, 4) is 0 Å². The molecule has 5 heteroatoms. The summed E-state index contributed by atoms with van der Waals surface area (Å²) >= 11 is 0. The molecule has 1 aliphatic rings. The van der Waals surface area contributed by atoms with Crippen molar-refractivity contribution in [2.75, 3.05) is 6.54 Å². The van der Waals surface area contributed by atoms with E-state index < -0.39 is 0 Å². The van der Waals surface area contributed by atoms with Crippen molar-refractivity contribution in [3.63, 3.8) is 0 Å². The van der Waals surface area contributed by atoms with E-state index in [1.54, 1.807) is 0 Å². The number of hydrogen-bond acceptors (Lipinski definition) is 3. The molecule has 1 aromatic carbocycles. The van der Waals surface area contributed by atoms with E-state index in [1.165, 1.54) is 0 Å². The molecule has 2 aromatic rings. The van der Waals surface area contributed by atoms with Crippen LogP contribution >= 0.6 is 0 Å². The van der Waals surface area contributed by atoms with Gasteiger partial charge in [0, 0.05) is 25.0 Å². The Balaban J connectivity index is 1.44. The van der Waals surface area contributed by atoms with Crippen molar-refractivity contribution in [2.24, 2.45) is 11.7 Å². The van der Waals surface area contributed by atoms with Crippen LogP contribution in [0.5, 0.6) is 0 Å². The van der Waals surface area contributed by atoms with Crippen molar-refractivity contribution in [1.82, 2.24) is 14.9 Å². The Kier molecular flexibility index (Phi) is 4.73. The summed E-state index contributed by atoms with van der Waals surface area (Å²) < 4.78 is 2.14. The summed E-state index contributed by atoms with van der Waals surface area (Å²) in [5.41, 5.74) is 8.11. The predicted molar refractivity (Wildman–Crippen MR) is 87.3 cm³/mol. The summed E-state index contributed by atoms with van der Waals surface area (Å²) in [7, 11) is 0. The summed E-state index contributed by atoms with van der Waals surface area (Å²) in [6.45, 7) is 1.57. The van der Waals surface area contributed by atoms with Gasteiger partial charge in [0.25, 0.3) is 0 Å². The lowest BCUT2D eigenvalue weighted by Gasteiger charge is -2.25. The van der Waals surface area contributed by atoms with Gasteiger partial charge in [-0.3, -0.25) is 4.79 Å². The van der Waals surface area contributed by atoms with E-state index in [0.29, 0.717) is 6.54 Å². The van der Waals surface area contributed by atoms with Crippen molar-refractivity contribution >= 4 is 16.9 Å². The third-order valence-electron chi connectivity index (χ3n) is 4.49. The number of nitrogens with two attached hydrogens (primary N) is 1. The van der Waals surface area contributed by atoms with Gasteiger partial charge in [-0.05, 0) is 37.8 Å². The smallest absolute Gasteiger partial charge is 0.223 e. The lowest BCUT2D eigenvalue weighted by Crippen LogP contribution is -2.38. The molecule has 1 heterocycles. The third kappa shape index (κ3) is 3.47. The summed E-state index contributed by atoms with van der Waals surface area (Å²) in [5, 5.41) is 3.06. The zero-order valence-electron chi connectivity index (χ0n) is 12.9. The van der Waals surface area contributed by atoms with E-state index >= 15 is 0 Å². The average Bonchev–Trinajstić information content (AvgIpc) is 2.95. The standard InChI is InChI=1S/C17H24N4O/c18-14-6-3-5-13(11-14)17(22)19-9-4-10-21-12-20-15-7-1-2-8-16(15)21/h1-2,7-8,12-14H,3-6,9-11,18H2,(H,19,22). The Morgan fingerprint density at radius 1 is 1.36 bits per heavy atom. The van der Waals surface area contributed by atoms with Crippen LogP contribution in [-0.2, 0) is 11.3 Å². The van der Waals surface area contributed by atoms with Crippen molar-refractivity contribution < 1.29 is 4.79 Å². The number of hydrogen-bond donors (Lipinski definition) is 2. The highest BCUT2D eigenvalue weighted by atomic mass is 16.1. The van der Waals surface area contributed by atoms with Gasteiger partial charge < -0.3 is 15.6 Å².